The minimum atomic E-state index is -0.784. The largest absolute Gasteiger partial charge is 0.496 e. The summed E-state index contributed by atoms with van der Waals surface area (Å²) in [6.07, 6.45) is 0. The second-order valence-corrected chi connectivity index (χ2v) is 6.46. The van der Waals surface area contributed by atoms with E-state index >= 15 is 0 Å². The van der Waals surface area contributed by atoms with E-state index in [1.807, 2.05) is 0 Å². The van der Waals surface area contributed by atoms with Gasteiger partial charge in [-0.3, -0.25) is 9.59 Å². The van der Waals surface area contributed by atoms with Gasteiger partial charge in [0.15, 0.2) is 11.6 Å². The van der Waals surface area contributed by atoms with Crippen LogP contribution in [0.4, 0.5) is 4.39 Å². The number of rotatable bonds is 4. The van der Waals surface area contributed by atoms with Crippen molar-refractivity contribution in [2.75, 3.05) is 7.11 Å². The van der Waals surface area contributed by atoms with Crippen molar-refractivity contribution < 1.29 is 28.2 Å². The van der Waals surface area contributed by atoms with Gasteiger partial charge in [0.05, 0.1) is 12.7 Å². The molecule has 1 aliphatic carbocycles. The number of halogens is 1. The van der Waals surface area contributed by atoms with Crippen molar-refractivity contribution in [3.8, 4) is 5.75 Å². The minimum Gasteiger partial charge on any atom is -0.496 e. The second kappa shape index (κ2) is 7.31. The van der Waals surface area contributed by atoms with Crippen LogP contribution >= 0.6 is 0 Å². The number of ketones is 2. The van der Waals surface area contributed by atoms with Crippen molar-refractivity contribution in [2.24, 2.45) is 0 Å². The summed E-state index contributed by atoms with van der Waals surface area (Å²) in [5, 5.41) is 0. The van der Waals surface area contributed by atoms with Crippen LogP contribution in [0.1, 0.15) is 47.8 Å². The van der Waals surface area contributed by atoms with E-state index in [0.29, 0.717) is 16.9 Å². The maximum atomic E-state index is 13.5. The van der Waals surface area contributed by atoms with Gasteiger partial charge < -0.3 is 9.47 Å². The highest BCUT2D eigenvalue weighted by molar-refractivity contribution is 6.30. The van der Waals surface area contributed by atoms with Crippen LogP contribution < -0.4 is 4.74 Å². The van der Waals surface area contributed by atoms with Gasteiger partial charge in [-0.2, -0.15) is 0 Å². The number of carbonyl (C=O) groups excluding carboxylic acids is 3. The molecule has 0 unspecified atom stereocenters. The molecular weight excluding hydrogens is 375 g/mol. The highest BCUT2D eigenvalue weighted by atomic mass is 19.1. The Morgan fingerprint density at radius 2 is 1.59 bits per heavy atom. The third-order valence-electron chi connectivity index (χ3n) is 4.77. The van der Waals surface area contributed by atoms with Gasteiger partial charge in [0, 0.05) is 27.8 Å². The third kappa shape index (κ3) is 3.18. The van der Waals surface area contributed by atoms with Gasteiger partial charge in [0.1, 0.15) is 18.2 Å². The average Bonchev–Trinajstić information content (AvgIpc) is 2.75. The van der Waals surface area contributed by atoms with E-state index in [4.69, 9.17) is 9.47 Å². The lowest BCUT2D eigenvalue weighted by Crippen LogP contribution is -2.24. The van der Waals surface area contributed by atoms with E-state index in [1.165, 1.54) is 43.5 Å². The number of fused-ring (bicyclic) bond motifs is 2. The number of hydrogen-bond donors (Lipinski definition) is 0. The zero-order valence-corrected chi connectivity index (χ0v) is 15.4. The topological polar surface area (TPSA) is 69.7 Å². The lowest BCUT2D eigenvalue weighted by atomic mass is 9.82. The molecule has 5 nitrogen and oxygen atoms in total. The van der Waals surface area contributed by atoms with Crippen LogP contribution in [0.5, 0.6) is 5.75 Å². The Bertz CT molecular complexity index is 1170. The molecule has 0 amide bonds. The van der Waals surface area contributed by atoms with Crippen LogP contribution in [-0.4, -0.2) is 24.6 Å². The fourth-order valence-electron chi connectivity index (χ4n) is 3.40. The molecule has 144 valence electrons. The smallest absolute Gasteiger partial charge is 0.339 e. The Kier molecular flexibility index (Phi) is 4.68. The van der Waals surface area contributed by atoms with Crippen molar-refractivity contribution >= 4 is 17.5 Å². The molecule has 29 heavy (non-hydrogen) atoms. The zero-order chi connectivity index (χ0) is 20.5. The van der Waals surface area contributed by atoms with Crippen LogP contribution in [-0.2, 0) is 11.3 Å². The van der Waals surface area contributed by atoms with Gasteiger partial charge in [0.25, 0.3) is 0 Å². The summed E-state index contributed by atoms with van der Waals surface area (Å²) < 4.78 is 24.0. The first-order valence-corrected chi connectivity index (χ1v) is 8.82. The summed E-state index contributed by atoms with van der Waals surface area (Å²) in [4.78, 5) is 38.5. The number of esters is 1. The Labute approximate surface area is 165 Å². The van der Waals surface area contributed by atoms with Gasteiger partial charge >= 0.3 is 5.97 Å². The molecule has 3 aromatic rings. The number of hydrogen-bond acceptors (Lipinski definition) is 5. The molecule has 0 aromatic heterocycles. The summed E-state index contributed by atoms with van der Waals surface area (Å²) in [5.41, 5.74) is 1.07. The van der Waals surface area contributed by atoms with Gasteiger partial charge in [-0.25, -0.2) is 9.18 Å². The monoisotopic (exact) mass is 390 g/mol. The van der Waals surface area contributed by atoms with Crippen molar-refractivity contribution in [1.29, 1.82) is 0 Å². The highest BCUT2D eigenvalue weighted by Gasteiger charge is 2.33. The molecule has 0 saturated heterocycles. The van der Waals surface area contributed by atoms with Crippen LogP contribution in [0.2, 0.25) is 0 Å². The van der Waals surface area contributed by atoms with Crippen LogP contribution in [0.15, 0.2) is 60.7 Å². The molecule has 0 N–H and O–H groups in total. The van der Waals surface area contributed by atoms with Gasteiger partial charge in [-0.05, 0) is 24.3 Å². The Morgan fingerprint density at radius 1 is 0.897 bits per heavy atom. The lowest BCUT2D eigenvalue weighted by molar-refractivity contribution is 0.0467. The number of ether oxygens (including phenoxy) is 2. The third-order valence-corrected chi connectivity index (χ3v) is 4.77. The Hall–Kier alpha value is -3.80. The van der Waals surface area contributed by atoms with Crippen molar-refractivity contribution in [3.63, 3.8) is 0 Å². The summed E-state index contributed by atoms with van der Waals surface area (Å²) in [5.74, 6) is -1.64. The molecule has 0 heterocycles. The first-order valence-electron chi connectivity index (χ1n) is 8.82. The standard InChI is InChI=1S/C23H15FO5/c1-28-19-10-9-14(24)11-13(19)12-29-23(27)18-8-4-7-17-20(18)22(26)16-6-3-2-5-15(16)21(17)25/h2-11H,12H2,1H3. The highest BCUT2D eigenvalue weighted by Crippen LogP contribution is 2.30. The van der Waals surface area contributed by atoms with E-state index in [2.05, 4.69) is 0 Å². The van der Waals surface area contributed by atoms with Crippen LogP contribution in [0.25, 0.3) is 0 Å². The SMILES string of the molecule is COc1ccc(F)cc1COC(=O)c1cccc2c1C(=O)c1ccccc1C2=O. The normalized spacial score (nSPS) is 12.2. The molecule has 0 radical (unpaired) electrons. The van der Waals surface area contributed by atoms with Gasteiger partial charge in [-0.1, -0.05) is 36.4 Å². The number of benzene rings is 3. The molecule has 3 aromatic carbocycles. The van der Waals surface area contributed by atoms with Gasteiger partial charge in [0.2, 0.25) is 0 Å². The Morgan fingerprint density at radius 3 is 2.31 bits per heavy atom. The molecule has 0 aliphatic heterocycles. The molecule has 4 rings (SSSR count). The van der Waals surface area contributed by atoms with E-state index < -0.39 is 17.6 Å². The van der Waals surface area contributed by atoms with Crippen LogP contribution in [0, 0.1) is 5.82 Å². The fourth-order valence-corrected chi connectivity index (χ4v) is 3.40. The summed E-state index contributed by atoms with van der Waals surface area (Å²) in [6, 6.07) is 14.8. The van der Waals surface area contributed by atoms with Gasteiger partial charge in [-0.15, -0.1) is 0 Å². The van der Waals surface area contributed by atoms with E-state index in [9.17, 15) is 18.8 Å². The molecule has 0 atom stereocenters. The summed E-state index contributed by atoms with van der Waals surface area (Å²) in [6.45, 7) is -0.248. The van der Waals surface area contributed by atoms with Crippen LogP contribution in [0.3, 0.4) is 0 Å². The second-order valence-electron chi connectivity index (χ2n) is 6.46. The molecule has 0 saturated carbocycles. The Balaban J connectivity index is 1.67. The fraction of sp³-hybridized carbons (Fsp3) is 0.0870. The van der Waals surface area contributed by atoms with E-state index in [0.717, 1.165) is 0 Å². The molecule has 1 aliphatic rings. The van der Waals surface area contributed by atoms with Crippen molar-refractivity contribution in [3.05, 3.63) is 99.9 Å². The predicted molar refractivity (Wildman–Crippen MR) is 102 cm³/mol. The summed E-state index contributed by atoms with van der Waals surface area (Å²) in [7, 11) is 1.42. The summed E-state index contributed by atoms with van der Waals surface area (Å²) >= 11 is 0. The zero-order valence-electron chi connectivity index (χ0n) is 15.4. The van der Waals surface area contributed by atoms with Crippen molar-refractivity contribution in [2.45, 2.75) is 6.61 Å². The quantitative estimate of drug-likeness (QED) is 0.493. The molecular formula is C23H15FO5. The van der Waals surface area contributed by atoms with E-state index in [-0.39, 0.29) is 34.6 Å². The maximum absolute atomic E-state index is 13.5. The van der Waals surface area contributed by atoms with E-state index in [1.54, 1.807) is 24.3 Å². The number of carbonyl (C=O) groups is 3. The lowest BCUT2D eigenvalue weighted by Gasteiger charge is -2.19. The minimum absolute atomic E-state index is 0.00859. The predicted octanol–water partition coefficient (Wildman–Crippen LogP) is 3.97. The number of methoxy groups -OCH3 is 1. The maximum Gasteiger partial charge on any atom is 0.339 e. The molecule has 0 spiro atoms. The first kappa shape index (κ1) is 18.6. The van der Waals surface area contributed by atoms with Crippen molar-refractivity contribution in [1.82, 2.24) is 0 Å². The molecule has 0 bridgehead atoms. The molecule has 6 heteroatoms. The molecule has 0 fully saturated rings. The first-order chi connectivity index (χ1) is 14.0. The average molecular weight is 390 g/mol.